The highest BCUT2D eigenvalue weighted by Crippen LogP contribution is 2.29. The number of nitrogens with two attached hydrogens (primary N) is 1. The van der Waals surface area contributed by atoms with Crippen LogP contribution in [0.15, 0.2) is 22.7 Å². The smallest absolute Gasteiger partial charge is 0.407 e. The largest absolute Gasteiger partial charge is 0.490 e. The summed E-state index contributed by atoms with van der Waals surface area (Å²) in [5.41, 5.74) is 5.27. The van der Waals surface area contributed by atoms with Gasteiger partial charge in [-0.05, 0) is 64.7 Å². The van der Waals surface area contributed by atoms with Crippen LogP contribution in [0.5, 0.6) is 5.75 Å². The van der Waals surface area contributed by atoms with Crippen LogP contribution in [0.3, 0.4) is 0 Å². The molecule has 0 atom stereocenters. The molecule has 1 aliphatic rings. The zero-order valence-corrected chi connectivity index (χ0v) is 16.4. The fraction of sp³-hybridized carbons (Fsp3) is 0.556. The van der Waals surface area contributed by atoms with Gasteiger partial charge in [-0.1, -0.05) is 15.9 Å². The number of rotatable bonds is 4. The predicted octanol–water partition coefficient (Wildman–Crippen LogP) is 3.76. The van der Waals surface area contributed by atoms with Crippen molar-refractivity contribution in [3.8, 4) is 5.75 Å². The summed E-state index contributed by atoms with van der Waals surface area (Å²) in [5, 5.41) is 2.90. The number of hydrogen-bond donors (Lipinski definition) is 2. The molecule has 0 spiro atoms. The summed E-state index contributed by atoms with van der Waals surface area (Å²) in [5.74, 6) is -0.0202. The Hall–Kier alpha value is -1.76. The molecule has 0 aromatic heterocycles. The first-order valence-electron chi connectivity index (χ1n) is 8.39. The molecule has 138 valence electrons. The second-order valence-electron chi connectivity index (χ2n) is 7.24. The van der Waals surface area contributed by atoms with Crippen molar-refractivity contribution >= 4 is 27.9 Å². The summed E-state index contributed by atoms with van der Waals surface area (Å²) in [4.78, 5) is 23.4. The monoisotopic (exact) mass is 412 g/mol. The molecule has 0 radical (unpaired) electrons. The van der Waals surface area contributed by atoms with Gasteiger partial charge in [-0.25, -0.2) is 4.79 Å². The van der Waals surface area contributed by atoms with Crippen LogP contribution >= 0.6 is 15.9 Å². The minimum absolute atomic E-state index is 0.0101. The van der Waals surface area contributed by atoms with Gasteiger partial charge in [0.2, 0.25) is 0 Å². The van der Waals surface area contributed by atoms with Crippen LogP contribution in [-0.2, 0) is 4.74 Å². The van der Waals surface area contributed by atoms with Crippen LogP contribution in [0, 0.1) is 0 Å². The SMILES string of the molecule is CC(C)(C)OC(=O)NC1CCC(Oc2cc(Br)ccc2C(N)=O)CC1. The molecule has 25 heavy (non-hydrogen) atoms. The van der Waals surface area contributed by atoms with E-state index in [0.29, 0.717) is 11.3 Å². The zero-order valence-electron chi connectivity index (χ0n) is 14.8. The van der Waals surface area contributed by atoms with Crippen LogP contribution in [0.2, 0.25) is 0 Å². The van der Waals surface area contributed by atoms with E-state index in [1.165, 1.54) is 0 Å². The van der Waals surface area contributed by atoms with Crippen LogP contribution < -0.4 is 15.8 Å². The van der Waals surface area contributed by atoms with Crippen molar-refractivity contribution in [2.24, 2.45) is 5.73 Å². The van der Waals surface area contributed by atoms with Crippen LogP contribution in [0.25, 0.3) is 0 Å². The van der Waals surface area contributed by atoms with Gasteiger partial charge in [0.1, 0.15) is 11.4 Å². The number of amides is 2. The summed E-state index contributed by atoms with van der Waals surface area (Å²) < 4.78 is 12.1. The van der Waals surface area contributed by atoms with Crippen LogP contribution in [-0.4, -0.2) is 29.7 Å². The first-order valence-corrected chi connectivity index (χ1v) is 9.19. The Kier molecular flexibility index (Phi) is 6.32. The molecule has 2 rings (SSSR count). The number of primary amides is 1. The Balaban J connectivity index is 1.88. The predicted molar refractivity (Wildman–Crippen MR) is 98.7 cm³/mol. The molecular weight excluding hydrogens is 388 g/mol. The van der Waals surface area contributed by atoms with Crippen molar-refractivity contribution in [3.63, 3.8) is 0 Å². The van der Waals surface area contributed by atoms with Crippen molar-refractivity contribution in [1.29, 1.82) is 0 Å². The molecule has 0 heterocycles. The topological polar surface area (TPSA) is 90.7 Å². The lowest BCUT2D eigenvalue weighted by Gasteiger charge is -2.30. The molecule has 1 fully saturated rings. The molecule has 0 aliphatic heterocycles. The van der Waals surface area contributed by atoms with Crippen LogP contribution in [0.4, 0.5) is 4.79 Å². The second kappa shape index (κ2) is 8.08. The number of nitrogens with one attached hydrogen (secondary N) is 1. The van der Waals surface area contributed by atoms with E-state index in [-0.39, 0.29) is 18.2 Å². The fourth-order valence-corrected chi connectivity index (χ4v) is 3.12. The highest BCUT2D eigenvalue weighted by atomic mass is 79.9. The first-order chi connectivity index (χ1) is 11.6. The van der Waals surface area contributed by atoms with Gasteiger partial charge in [0.05, 0.1) is 11.7 Å². The summed E-state index contributed by atoms with van der Waals surface area (Å²) in [6, 6.07) is 5.24. The van der Waals surface area contributed by atoms with E-state index in [0.717, 1.165) is 30.2 Å². The maximum Gasteiger partial charge on any atom is 0.407 e. The number of halogens is 1. The molecule has 1 saturated carbocycles. The van der Waals surface area contributed by atoms with Crippen molar-refractivity contribution in [1.82, 2.24) is 5.32 Å². The quantitative estimate of drug-likeness (QED) is 0.787. The maximum absolute atomic E-state index is 11.8. The van der Waals surface area contributed by atoms with Gasteiger partial charge < -0.3 is 20.5 Å². The Labute approximate surface area is 156 Å². The Morgan fingerprint density at radius 1 is 1.20 bits per heavy atom. The lowest BCUT2D eigenvalue weighted by molar-refractivity contribution is 0.0470. The molecule has 3 N–H and O–H groups in total. The van der Waals surface area contributed by atoms with Crippen molar-refractivity contribution in [3.05, 3.63) is 28.2 Å². The number of carbonyl (C=O) groups excluding carboxylic acids is 2. The highest BCUT2D eigenvalue weighted by Gasteiger charge is 2.26. The van der Waals surface area contributed by atoms with Crippen molar-refractivity contribution in [2.75, 3.05) is 0 Å². The lowest BCUT2D eigenvalue weighted by Crippen LogP contribution is -2.42. The third-order valence-electron chi connectivity index (χ3n) is 3.90. The van der Waals surface area contributed by atoms with E-state index < -0.39 is 11.5 Å². The van der Waals surface area contributed by atoms with Gasteiger partial charge in [-0.3, -0.25) is 4.79 Å². The summed E-state index contributed by atoms with van der Waals surface area (Å²) >= 11 is 3.38. The standard InChI is InChI=1S/C18H25BrN2O4/c1-18(2,3)25-17(23)21-12-5-7-13(8-6-12)24-15-10-11(19)4-9-14(15)16(20)22/h4,9-10,12-13H,5-8H2,1-3H3,(H2,20,22)(H,21,23). The minimum atomic E-state index is -0.511. The van der Waals surface area contributed by atoms with Gasteiger partial charge in [0, 0.05) is 10.5 Å². The summed E-state index contributed by atoms with van der Waals surface area (Å²) in [6.45, 7) is 5.52. The van der Waals surface area contributed by atoms with Gasteiger partial charge in [-0.15, -0.1) is 0 Å². The Bertz CT molecular complexity index is 634. The number of hydrogen-bond acceptors (Lipinski definition) is 4. The van der Waals surface area contributed by atoms with Gasteiger partial charge in [0.15, 0.2) is 0 Å². The molecule has 1 aromatic carbocycles. The van der Waals surface area contributed by atoms with E-state index in [1.807, 2.05) is 20.8 Å². The molecule has 0 unspecified atom stereocenters. The van der Waals surface area contributed by atoms with Gasteiger partial charge >= 0.3 is 6.09 Å². The third-order valence-corrected chi connectivity index (χ3v) is 4.39. The molecule has 0 saturated heterocycles. The van der Waals surface area contributed by atoms with Gasteiger partial charge in [-0.2, -0.15) is 0 Å². The molecule has 7 heteroatoms. The van der Waals surface area contributed by atoms with E-state index in [4.69, 9.17) is 15.2 Å². The maximum atomic E-state index is 11.8. The van der Waals surface area contributed by atoms with Gasteiger partial charge in [0.25, 0.3) is 5.91 Å². The first kappa shape index (κ1) is 19.6. The Morgan fingerprint density at radius 3 is 2.40 bits per heavy atom. The molecule has 2 amide bonds. The molecule has 1 aromatic rings. The minimum Gasteiger partial charge on any atom is -0.490 e. The number of alkyl carbamates (subject to hydrolysis) is 1. The zero-order chi connectivity index (χ0) is 18.6. The average Bonchev–Trinajstić information content (AvgIpc) is 2.47. The van der Waals surface area contributed by atoms with E-state index in [2.05, 4.69) is 21.2 Å². The van der Waals surface area contributed by atoms with E-state index >= 15 is 0 Å². The molecule has 6 nitrogen and oxygen atoms in total. The summed E-state index contributed by atoms with van der Waals surface area (Å²) in [7, 11) is 0. The molecule has 1 aliphatic carbocycles. The van der Waals surface area contributed by atoms with Crippen molar-refractivity contribution < 1.29 is 19.1 Å². The van der Waals surface area contributed by atoms with Crippen LogP contribution in [0.1, 0.15) is 56.8 Å². The number of carbonyl (C=O) groups is 2. The fourth-order valence-electron chi connectivity index (χ4n) is 2.78. The highest BCUT2D eigenvalue weighted by molar-refractivity contribution is 9.10. The number of benzene rings is 1. The summed E-state index contributed by atoms with van der Waals surface area (Å²) in [6.07, 6.45) is 2.76. The molecular formula is C18H25BrN2O4. The Morgan fingerprint density at radius 2 is 1.84 bits per heavy atom. The molecule has 0 bridgehead atoms. The average molecular weight is 413 g/mol. The third kappa shape index (κ3) is 6.23. The normalized spacial score (nSPS) is 20.6. The van der Waals surface area contributed by atoms with E-state index in [1.54, 1.807) is 18.2 Å². The van der Waals surface area contributed by atoms with E-state index in [9.17, 15) is 9.59 Å². The van der Waals surface area contributed by atoms with Crippen molar-refractivity contribution in [2.45, 2.75) is 64.2 Å². The lowest BCUT2D eigenvalue weighted by atomic mass is 9.93. The second-order valence-corrected chi connectivity index (χ2v) is 8.16. The number of ether oxygens (including phenoxy) is 2.